The van der Waals surface area contributed by atoms with Gasteiger partial charge in [-0.3, -0.25) is 9.69 Å². The minimum absolute atomic E-state index is 0.189. The number of nitrogens with two attached hydrogens (primary N) is 1. The van der Waals surface area contributed by atoms with Crippen LogP contribution in [0.2, 0.25) is 0 Å². The second-order valence-electron chi connectivity index (χ2n) is 3.71. The number of primary amides is 1. The number of amides is 1. The Balaban J connectivity index is 1.79. The number of piperazine rings is 1. The fraction of sp³-hybridized carbons (Fsp3) is 0.875. The summed E-state index contributed by atoms with van der Waals surface area (Å²) in [6.45, 7) is 3.03. The lowest BCUT2D eigenvalue weighted by Gasteiger charge is -2.26. The average Bonchev–Trinajstić information content (AvgIpc) is 2.60. The largest absolute Gasteiger partial charge is 0.370 e. The Hall–Kier alpha value is -0.610. The van der Waals surface area contributed by atoms with Gasteiger partial charge in [0.05, 0.1) is 0 Å². The zero-order valence-electron chi connectivity index (χ0n) is 7.12. The van der Waals surface area contributed by atoms with E-state index < -0.39 is 0 Å². The zero-order chi connectivity index (χ0) is 8.55. The first-order chi connectivity index (χ1) is 5.75. The smallest absolute Gasteiger partial charge is 0.218 e. The van der Waals surface area contributed by atoms with Gasteiger partial charge in [-0.2, -0.15) is 0 Å². The van der Waals surface area contributed by atoms with Crippen molar-refractivity contribution in [3.63, 3.8) is 0 Å². The highest BCUT2D eigenvalue weighted by Gasteiger charge is 2.36. The molecule has 0 saturated carbocycles. The summed E-state index contributed by atoms with van der Waals surface area (Å²) < 4.78 is 0. The first kappa shape index (κ1) is 8.01. The van der Waals surface area contributed by atoms with Gasteiger partial charge >= 0.3 is 0 Å². The molecule has 12 heavy (non-hydrogen) atoms. The van der Waals surface area contributed by atoms with Crippen LogP contribution in [0.1, 0.15) is 12.8 Å². The normalized spacial score (nSPS) is 34.3. The Morgan fingerprint density at radius 2 is 2.50 bits per heavy atom. The van der Waals surface area contributed by atoms with E-state index in [9.17, 15) is 4.79 Å². The maximum atomic E-state index is 10.5. The molecule has 0 radical (unpaired) electrons. The number of hydrogen-bond donors (Lipinski definition) is 2. The van der Waals surface area contributed by atoms with E-state index in [1.807, 2.05) is 0 Å². The van der Waals surface area contributed by atoms with Gasteiger partial charge < -0.3 is 11.1 Å². The van der Waals surface area contributed by atoms with Crippen molar-refractivity contribution >= 4 is 5.91 Å². The van der Waals surface area contributed by atoms with Crippen molar-refractivity contribution < 1.29 is 4.79 Å². The summed E-state index contributed by atoms with van der Waals surface area (Å²) >= 11 is 0. The van der Waals surface area contributed by atoms with Crippen LogP contribution in [0.15, 0.2) is 0 Å². The molecule has 2 aliphatic rings. The number of carbonyl (C=O) groups excluding carboxylic acids is 1. The summed E-state index contributed by atoms with van der Waals surface area (Å²) in [6.07, 6.45) is 1.75. The summed E-state index contributed by atoms with van der Waals surface area (Å²) in [7, 11) is 0. The van der Waals surface area contributed by atoms with Crippen LogP contribution in [0, 0.1) is 0 Å². The minimum atomic E-state index is -0.189. The molecule has 2 unspecified atom stereocenters. The molecule has 0 aromatic rings. The minimum Gasteiger partial charge on any atom is -0.370 e. The molecule has 2 aliphatic heterocycles. The van der Waals surface area contributed by atoms with E-state index in [2.05, 4.69) is 10.2 Å². The van der Waals surface area contributed by atoms with Gasteiger partial charge in [0.2, 0.25) is 5.91 Å². The lowest BCUT2D eigenvalue weighted by molar-refractivity contribution is -0.118. The summed E-state index contributed by atoms with van der Waals surface area (Å²) in [5, 5.41) is 3.42. The first-order valence-electron chi connectivity index (χ1n) is 4.51. The third-order valence-corrected chi connectivity index (χ3v) is 2.82. The van der Waals surface area contributed by atoms with E-state index in [1.165, 1.54) is 6.42 Å². The number of fused-ring (bicyclic) bond motifs is 2. The molecule has 4 nitrogen and oxygen atoms in total. The number of rotatable bonds is 3. The van der Waals surface area contributed by atoms with Gasteiger partial charge in [0.1, 0.15) is 0 Å². The summed E-state index contributed by atoms with van der Waals surface area (Å²) in [4.78, 5) is 12.9. The summed E-state index contributed by atoms with van der Waals surface area (Å²) in [5.41, 5.74) is 5.09. The molecular formula is C8H15N3O. The molecule has 2 bridgehead atoms. The third kappa shape index (κ3) is 1.44. The van der Waals surface area contributed by atoms with Gasteiger partial charge in [0, 0.05) is 38.1 Å². The molecule has 3 N–H and O–H groups in total. The zero-order valence-corrected chi connectivity index (χ0v) is 7.12. The van der Waals surface area contributed by atoms with Crippen LogP contribution in [0.5, 0.6) is 0 Å². The molecule has 1 amide bonds. The van der Waals surface area contributed by atoms with Gasteiger partial charge in [0.25, 0.3) is 0 Å². The van der Waals surface area contributed by atoms with Crippen LogP contribution in [0.4, 0.5) is 0 Å². The number of hydrogen-bond acceptors (Lipinski definition) is 3. The van der Waals surface area contributed by atoms with Crippen molar-refractivity contribution in [2.75, 3.05) is 19.6 Å². The molecular weight excluding hydrogens is 154 g/mol. The van der Waals surface area contributed by atoms with Crippen LogP contribution in [-0.2, 0) is 4.79 Å². The fourth-order valence-electron chi connectivity index (χ4n) is 2.17. The maximum absolute atomic E-state index is 10.5. The van der Waals surface area contributed by atoms with Crippen LogP contribution >= 0.6 is 0 Å². The van der Waals surface area contributed by atoms with E-state index in [4.69, 9.17) is 5.73 Å². The van der Waals surface area contributed by atoms with Crippen molar-refractivity contribution in [3.05, 3.63) is 0 Å². The Morgan fingerprint density at radius 1 is 1.67 bits per heavy atom. The topological polar surface area (TPSA) is 58.4 Å². The van der Waals surface area contributed by atoms with Crippen LogP contribution < -0.4 is 11.1 Å². The fourth-order valence-corrected chi connectivity index (χ4v) is 2.17. The highest BCUT2D eigenvalue weighted by Crippen LogP contribution is 2.22. The van der Waals surface area contributed by atoms with E-state index in [-0.39, 0.29) is 5.91 Å². The summed E-state index contributed by atoms with van der Waals surface area (Å²) in [6, 6.07) is 1.33. The van der Waals surface area contributed by atoms with Gasteiger partial charge in [-0.25, -0.2) is 0 Å². The molecule has 2 atom stereocenters. The third-order valence-electron chi connectivity index (χ3n) is 2.82. The molecule has 2 saturated heterocycles. The van der Waals surface area contributed by atoms with Gasteiger partial charge in [0.15, 0.2) is 0 Å². The first-order valence-corrected chi connectivity index (χ1v) is 4.51. The standard InChI is InChI=1S/C8H15N3O/c9-8(12)1-2-11-5-6-3-7(11)4-10-6/h6-7,10H,1-5H2,(H2,9,12). The molecule has 0 aromatic carbocycles. The molecule has 0 aliphatic carbocycles. The molecule has 2 rings (SSSR count). The van der Waals surface area contributed by atoms with Gasteiger partial charge in [-0.15, -0.1) is 0 Å². The van der Waals surface area contributed by atoms with Crippen LogP contribution in [0.3, 0.4) is 0 Å². The van der Waals surface area contributed by atoms with Crippen LogP contribution in [-0.4, -0.2) is 42.5 Å². The van der Waals surface area contributed by atoms with E-state index >= 15 is 0 Å². The number of likely N-dealkylation sites (tertiary alicyclic amines) is 1. The van der Waals surface area contributed by atoms with Crippen molar-refractivity contribution in [2.45, 2.75) is 24.9 Å². The summed E-state index contributed by atoms with van der Waals surface area (Å²) in [5.74, 6) is -0.189. The highest BCUT2D eigenvalue weighted by molar-refractivity contribution is 5.73. The molecule has 0 aromatic heterocycles. The van der Waals surface area contributed by atoms with Crippen molar-refractivity contribution in [3.8, 4) is 0 Å². The monoisotopic (exact) mass is 169 g/mol. The van der Waals surface area contributed by atoms with Gasteiger partial charge in [-0.1, -0.05) is 0 Å². The molecule has 2 heterocycles. The average molecular weight is 169 g/mol. The lowest BCUT2D eigenvalue weighted by Crippen LogP contribution is -2.44. The van der Waals surface area contributed by atoms with Crippen molar-refractivity contribution in [1.29, 1.82) is 0 Å². The van der Waals surface area contributed by atoms with Crippen molar-refractivity contribution in [1.82, 2.24) is 10.2 Å². The SMILES string of the molecule is NC(=O)CCN1CC2CC1CN2. The molecule has 4 heteroatoms. The Morgan fingerprint density at radius 3 is 3.00 bits per heavy atom. The quantitative estimate of drug-likeness (QED) is 0.564. The number of carbonyl (C=O) groups is 1. The van der Waals surface area contributed by atoms with Gasteiger partial charge in [-0.05, 0) is 6.42 Å². The van der Waals surface area contributed by atoms with E-state index in [1.54, 1.807) is 0 Å². The molecule has 0 spiro atoms. The predicted molar refractivity (Wildman–Crippen MR) is 45.6 cm³/mol. The Kier molecular flexibility index (Phi) is 2.02. The maximum Gasteiger partial charge on any atom is 0.218 e. The molecule has 68 valence electrons. The number of nitrogens with one attached hydrogen (secondary N) is 1. The van der Waals surface area contributed by atoms with E-state index in [0.29, 0.717) is 18.5 Å². The second-order valence-corrected chi connectivity index (χ2v) is 3.71. The van der Waals surface area contributed by atoms with Crippen LogP contribution in [0.25, 0.3) is 0 Å². The number of nitrogens with zero attached hydrogens (tertiary/aromatic N) is 1. The Bertz CT molecular complexity index is 195. The molecule has 2 fully saturated rings. The Labute approximate surface area is 72.1 Å². The van der Waals surface area contributed by atoms with E-state index in [0.717, 1.165) is 19.6 Å². The predicted octanol–water partition coefficient (Wildman–Crippen LogP) is -1.09. The highest BCUT2D eigenvalue weighted by atomic mass is 16.1. The lowest BCUT2D eigenvalue weighted by atomic mass is 10.2. The van der Waals surface area contributed by atoms with Crippen molar-refractivity contribution in [2.24, 2.45) is 5.73 Å². The second kappa shape index (κ2) is 3.03.